The van der Waals surface area contributed by atoms with E-state index in [4.69, 9.17) is 0 Å². The van der Waals surface area contributed by atoms with Gasteiger partial charge >= 0.3 is 0 Å². The first kappa shape index (κ1) is 14.2. The summed E-state index contributed by atoms with van der Waals surface area (Å²) in [4.78, 5) is 0.0935. The minimum Gasteiger partial charge on any atom is -0.204 e. The molecule has 2 rings (SSSR count). The number of benzene rings is 2. The third kappa shape index (κ3) is 3.63. The molecule has 0 aliphatic rings. The molecule has 100 valence electrons. The van der Waals surface area contributed by atoms with Gasteiger partial charge in [-0.2, -0.15) is 0 Å². The molecule has 0 aliphatic carbocycles. The van der Waals surface area contributed by atoms with Crippen LogP contribution in [0.25, 0.3) is 0 Å². The Labute approximate surface area is 120 Å². The second kappa shape index (κ2) is 5.83. The molecule has 0 saturated carbocycles. The van der Waals surface area contributed by atoms with Crippen LogP contribution in [0.2, 0.25) is 0 Å². The maximum Gasteiger partial charge on any atom is 0.159 e. The summed E-state index contributed by atoms with van der Waals surface area (Å²) < 4.78 is 26.0. The minimum atomic E-state index is -0.804. The minimum absolute atomic E-state index is 0.0935. The van der Waals surface area contributed by atoms with Crippen LogP contribution in [0, 0.1) is 25.5 Å². The molecule has 1 unspecified atom stereocenters. The highest BCUT2D eigenvalue weighted by Crippen LogP contribution is 2.29. The number of hydrogen-bond donors (Lipinski definition) is 0. The van der Waals surface area contributed by atoms with Crippen molar-refractivity contribution in [3.05, 3.63) is 70.3 Å². The first-order chi connectivity index (χ1) is 8.95. The molecule has 19 heavy (non-hydrogen) atoms. The summed E-state index contributed by atoms with van der Waals surface area (Å²) in [6.07, 6.45) is 0.625. The van der Waals surface area contributed by atoms with Gasteiger partial charge in [0, 0.05) is 4.83 Å². The van der Waals surface area contributed by atoms with Crippen LogP contribution in [0.1, 0.15) is 27.1 Å². The summed E-state index contributed by atoms with van der Waals surface area (Å²) in [5, 5.41) is 0. The molecule has 0 aliphatic heterocycles. The average molecular weight is 325 g/mol. The Kier molecular flexibility index (Phi) is 4.35. The monoisotopic (exact) mass is 324 g/mol. The van der Waals surface area contributed by atoms with Gasteiger partial charge in [-0.3, -0.25) is 0 Å². The second-order valence-corrected chi connectivity index (χ2v) is 5.95. The molecule has 3 heteroatoms. The lowest BCUT2D eigenvalue weighted by atomic mass is 10.0. The summed E-state index contributed by atoms with van der Waals surface area (Å²) in [6.45, 7) is 4.10. The van der Waals surface area contributed by atoms with E-state index < -0.39 is 11.6 Å². The van der Waals surface area contributed by atoms with E-state index >= 15 is 0 Å². The van der Waals surface area contributed by atoms with Crippen molar-refractivity contribution in [1.29, 1.82) is 0 Å². The van der Waals surface area contributed by atoms with Crippen molar-refractivity contribution in [3.8, 4) is 0 Å². The molecular formula is C16H15BrF2. The zero-order valence-corrected chi connectivity index (χ0v) is 12.5. The van der Waals surface area contributed by atoms with E-state index in [1.54, 1.807) is 6.07 Å². The van der Waals surface area contributed by atoms with Gasteiger partial charge in [0.25, 0.3) is 0 Å². The SMILES string of the molecule is Cc1cc(C)cc(C(Br)Cc2ccc(F)c(F)c2)c1. The highest BCUT2D eigenvalue weighted by atomic mass is 79.9. The maximum atomic E-state index is 13.2. The molecule has 0 bridgehead atoms. The van der Waals surface area contributed by atoms with E-state index in [0.29, 0.717) is 6.42 Å². The van der Waals surface area contributed by atoms with Crippen molar-refractivity contribution < 1.29 is 8.78 Å². The first-order valence-electron chi connectivity index (χ1n) is 6.12. The summed E-state index contributed by atoms with van der Waals surface area (Å²) in [7, 11) is 0. The molecule has 0 saturated heterocycles. The predicted octanol–water partition coefficient (Wildman–Crippen LogP) is 5.26. The molecule has 1 atom stereocenters. The second-order valence-electron chi connectivity index (χ2n) is 4.84. The van der Waals surface area contributed by atoms with Crippen molar-refractivity contribution in [2.75, 3.05) is 0 Å². The molecule has 0 amide bonds. The molecule has 0 radical (unpaired) electrons. The Morgan fingerprint density at radius 1 is 0.947 bits per heavy atom. The van der Waals surface area contributed by atoms with Gasteiger partial charge in [-0.1, -0.05) is 51.3 Å². The number of hydrogen-bond acceptors (Lipinski definition) is 0. The molecule has 0 heterocycles. The lowest BCUT2D eigenvalue weighted by Gasteiger charge is -2.12. The predicted molar refractivity (Wildman–Crippen MR) is 77.6 cm³/mol. The van der Waals surface area contributed by atoms with Crippen molar-refractivity contribution in [3.63, 3.8) is 0 Å². The molecular weight excluding hydrogens is 310 g/mol. The zero-order chi connectivity index (χ0) is 14.0. The normalized spacial score (nSPS) is 12.5. The lowest BCUT2D eigenvalue weighted by molar-refractivity contribution is 0.507. The quantitative estimate of drug-likeness (QED) is 0.675. The van der Waals surface area contributed by atoms with E-state index in [-0.39, 0.29) is 4.83 Å². The Bertz CT molecular complexity index is 573. The van der Waals surface area contributed by atoms with Gasteiger partial charge in [-0.25, -0.2) is 8.78 Å². The summed E-state index contributed by atoms with van der Waals surface area (Å²) >= 11 is 3.62. The highest BCUT2D eigenvalue weighted by molar-refractivity contribution is 9.09. The van der Waals surface area contributed by atoms with Crippen molar-refractivity contribution in [2.24, 2.45) is 0 Å². The molecule has 0 spiro atoms. The zero-order valence-electron chi connectivity index (χ0n) is 10.9. The Hall–Kier alpha value is -1.22. The summed E-state index contributed by atoms with van der Waals surface area (Å²) in [6, 6.07) is 10.4. The van der Waals surface area contributed by atoms with E-state index in [0.717, 1.165) is 11.1 Å². The average Bonchev–Trinajstić information content (AvgIpc) is 2.32. The third-order valence-electron chi connectivity index (χ3n) is 3.00. The van der Waals surface area contributed by atoms with Gasteiger partial charge in [-0.05, 0) is 43.5 Å². The van der Waals surface area contributed by atoms with Crippen LogP contribution in [-0.4, -0.2) is 0 Å². The maximum absolute atomic E-state index is 13.2. The van der Waals surface area contributed by atoms with Gasteiger partial charge in [0.2, 0.25) is 0 Å². The van der Waals surface area contributed by atoms with Gasteiger partial charge < -0.3 is 0 Å². The Balaban J connectivity index is 2.20. The van der Waals surface area contributed by atoms with E-state index in [1.807, 2.05) is 13.8 Å². The van der Waals surface area contributed by atoms with Crippen LogP contribution in [0.3, 0.4) is 0 Å². The van der Waals surface area contributed by atoms with Crippen molar-refractivity contribution in [2.45, 2.75) is 25.1 Å². The number of aryl methyl sites for hydroxylation is 2. The van der Waals surface area contributed by atoms with Gasteiger partial charge in [0.05, 0.1) is 0 Å². The molecule has 0 nitrogen and oxygen atoms in total. The highest BCUT2D eigenvalue weighted by Gasteiger charge is 2.11. The van der Waals surface area contributed by atoms with E-state index in [2.05, 4.69) is 34.1 Å². The van der Waals surface area contributed by atoms with Crippen LogP contribution in [0.5, 0.6) is 0 Å². The molecule has 0 aromatic heterocycles. The van der Waals surface area contributed by atoms with Crippen LogP contribution in [-0.2, 0) is 6.42 Å². The smallest absolute Gasteiger partial charge is 0.159 e. The fourth-order valence-corrected chi connectivity index (χ4v) is 2.82. The van der Waals surface area contributed by atoms with Gasteiger partial charge in [0.15, 0.2) is 11.6 Å². The number of halogens is 3. The summed E-state index contributed by atoms with van der Waals surface area (Å²) in [5.41, 5.74) is 4.33. The van der Waals surface area contributed by atoms with Crippen molar-refractivity contribution >= 4 is 15.9 Å². The Morgan fingerprint density at radius 3 is 2.16 bits per heavy atom. The lowest BCUT2D eigenvalue weighted by Crippen LogP contribution is -1.98. The molecule has 0 N–H and O–H groups in total. The standard InChI is InChI=1S/C16H15BrF2/c1-10-5-11(2)7-13(6-10)14(17)8-12-3-4-15(18)16(19)9-12/h3-7,9,14H,8H2,1-2H3. The molecule has 0 fully saturated rings. The number of rotatable bonds is 3. The fraction of sp³-hybridized carbons (Fsp3) is 0.250. The largest absolute Gasteiger partial charge is 0.204 e. The van der Waals surface area contributed by atoms with Crippen molar-refractivity contribution in [1.82, 2.24) is 0 Å². The molecule has 2 aromatic carbocycles. The van der Waals surface area contributed by atoms with E-state index in [1.165, 1.54) is 23.3 Å². The van der Waals surface area contributed by atoms with Crippen LogP contribution in [0.15, 0.2) is 36.4 Å². The fourth-order valence-electron chi connectivity index (χ4n) is 2.18. The van der Waals surface area contributed by atoms with Crippen LogP contribution in [0.4, 0.5) is 8.78 Å². The van der Waals surface area contributed by atoms with E-state index in [9.17, 15) is 8.78 Å². The van der Waals surface area contributed by atoms with Crippen LogP contribution >= 0.6 is 15.9 Å². The van der Waals surface area contributed by atoms with Gasteiger partial charge in [0.1, 0.15) is 0 Å². The van der Waals surface area contributed by atoms with Crippen LogP contribution < -0.4 is 0 Å². The van der Waals surface area contributed by atoms with Gasteiger partial charge in [-0.15, -0.1) is 0 Å². The first-order valence-corrected chi connectivity index (χ1v) is 7.03. The topological polar surface area (TPSA) is 0 Å². The summed E-state index contributed by atoms with van der Waals surface area (Å²) in [5.74, 6) is -1.60. The Morgan fingerprint density at radius 2 is 1.58 bits per heavy atom. The third-order valence-corrected chi connectivity index (χ3v) is 3.86. The number of alkyl halides is 1. The molecule has 2 aromatic rings.